The molecule has 2 rings (SSSR count). The molecule has 0 aromatic carbocycles. The maximum Gasteiger partial charge on any atom is 0.418 e. The largest absolute Gasteiger partial charge is 0.461 e. The predicted molar refractivity (Wildman–Crippen MR) is 59.5 cm³/mol. The second-order valence-electron chi connectivity index (χ2n) is 4.84. The Morgan fingerprint density at radius 3 is 2.63 bits per heavy atom. The van der Waals surface area contributed by atoms with Crippen LogP contribution in [0.3, 0.4) is 0 Å². The Morgan fingerprint density at radius 2 is 2.05 bits per heavy atom. The van der Waals surface area contributed by atoms with E-state index < -0.39 is 18.1 Å². The number of fused-ring (bicyclic) bond motifs is 1. The van der Waals surface area contributed by atoms with Crippen LogP contribution in [0.4, 0.5) is 13.2 Å². The molecule has 1 aliphatic heterocycles. The SMILES string of the molecule is Cc1ncc(C(O)C(F)(F)F)c2c1OC(C)(C)OC2. The number of aliphatic hydroxyl groups excluding tert-OH is 1. The molecule has 0 amide bonds. The Labute approximate surface area is 108 Å². The van der Waals surface area contributed by atoms with Gasteiger partial charge in [-0.05, 0) is 6.92 Å². The van der Waals surface area contributed by atoms with E-state index in [0.29, 0.717) is 5.69 Å². The van der Waals surface area contributed by atoms with E-state index >= 15 is 0 Å². The van der Waals surface area contributed by atoms with E-state index in [1.807, 2.05) is 0 Å². The van der Waals surface area contributed by atoms with Gasteiger partial charge in [0.05, 0.1) is 12.3 Å². The summed E-state index contributed by atoms with van der Waals surface area (Å²) in [6.45, 7) is 4.88. The fourth-order valence-corrected chi connectivity index (χ4v) is 1.87. The van der Waals surface area contributed by atoms with Crippen molar-refractivity contribution >= 4 is 0 Å². The highest BCUT2D eigenvalue weighted by Gasteiger charge is 2.43. The van der Waals surface area contributed by atoms with E-state index in [1.165, 1.54) is 0 Å². The van der Waals surface area contributed by atoms with Crippen LogP contribution in [0.2, 0.25) is 0 Å². The van der Waals surface area contributed by atoms with E-state index in [1.54, 1.807) is 20.8 Å². The molecule has 0 saturated carbocycles. The maximum absolute atomic E-state index is 12.6. The van der Waals surface area contributed by atoms with Crippen LogP contribution in [0.5, 0.6) is 5.75 Å². The van der Waals surface area contributed by atoms with Crippen molar-refractivity contribution < 1.29 is 27.8 Å². The van der Waals surface area contributed by atoms with Crippen LogP contribution < -0.4 is 4.74 Å². The number of ether oxygens (including phenoxy) is 2. The molecule has 0 radical (unpaired) electrons. The third kappa shape index (κ3) is 2.66. The van der Waals surface area contributed by atoms with Crippen LogP contribution in [0.25, 0.3) is 0 Å². The molecule has 1 N–H and O–H groups in total. The van der Waals surface area contributed by atoms with Crippen molar-refractivity contribution in [2.75, 3.05) is 0 Å². The van der Waals surface area contributed by atoms with E-state index in [9.17, 15) is 18.3 Å². The van der Waals surface area contributed by atoms with Crippen molar-refractivity contribution in [1.82, 2.24) is 4.98 Å². The Morgan fingerprint density at radius 1 is 1.42 bits per heavy atom. The van der Waals surface area contributed by atoms with Crippen molar-refractivity contribution in [2.45, 2.75) is 45.4 Å². The van der Waals surface area contributed by atoms with Crippen molar-refractivity contribution in [3.63, 3.8) is 0 Å². The van der Waals surface area contributed by atoms with Crippen molar-refractivity contribution in [3.05, 3.63) is 23.0 Å². The highest BCUT2D eigenvalue weighted by molar-refractivity contribution is 5.44. The maximum atomic E-state index is 12.6. The van der Waals surface area contributed by atoms with Crippen LogP contribution in [-0.4, -0.2) is 22.1 Å². The van der Waals surface area contributed by atoms with Gasteiger partial charge in [-0.3, -0.25) is 4.98 Å². The highest BCUT2D eigenvalue weighted by Crippen LogP contribution is 2.41. The van der Waals surface area contributed by atoms with Gasteiger partial charge in [0.1, 0.15) is 5.75 Å². The highest BCUT2D eigenvalue weighted by atomic mass is 19.4. The minimum absolute atomic E-state index is 0.0613. The summed E-state index contributed by atoms with van der Waals surface area (Å²) >= 11 is 0. The molecule has 4 nitrogen and oxygen atoms in total. The van der Waals surface area contributed by atoms with Gasteiger partial charge >= 0.3 is 6.18 Å². The Kier molecular flexibility index (Phi) is 3.22. The lowest BCUT2D eigenvalue weighted by Crippen LogP contribution is -2.37. The third-order valence-electron chi connectivity index (χ3n) is 2.87. The fourth-order valence-electron chi connectivity index (χ4n) is 1.87. The predicted octanol–water partition coefficient (Wildman–Crippen LogP) is 2.63. The molecule has 0 bridgehead atoms. The number of halogens is 3. The number of alkyl halides is 3. The monoisotopic (exact) mass is 277 g/mol. The number of hydrogen-bond acceptors (Lipinski definition) is 4. The molecule has 19 heavy (non-hydrogen) atoms. The number of pyridine rings is 1. The molecule has 0 aliphatic carbocycles. The van der Waals surface area contributed by atoms with Gasteiger partial charge in [0.15, 0.2) is 6.10 Å². The number of rotatable bonds is 1. The number of aryl methyl sites for hydroxylation is 1. The summed E-state index contributed by atoms with van der Waals surface area (Å²) in [5.41, 5.74) is 0.324. The average Bonchev–Trinajstić information content (AvgIpc) is 2.27. The molecule has 1 aromatic rings. The molecule has 1 unspecified atom stereocenters. The second kappa shape index (κ2) is 4.35. The third-order valence-corrected chi connectivity index (χ3v) is 2.87. The van der Waals surface area contributed by atoms with Crippen LogP contribution in [-0.2, 0) is 11.3 Å². The smallest absolute Gasteiger partial charge is 0.418 e. The quantitative estimate of drug-likeness (QED) is 0.857. The van der Waals surface area contributed by atoms with Crippen LogP contribution in [0.15, 0.2) is 6.20 Å². The minimum Gasteiger partial charge on any atom is -0.461 e. The molecule has 1 aromatic heterocycles. The standard InChI is InChI=1S/C12H14F3NO3/c1-6-9-8(5-18-11(2,3)19-9)7(4-16-6)10(17)12(13,14)15/h4,10,17H,5H2,1-3H3. The summed E-state index contributed by atoms with van der Waals surface area (Å²) in [6, 6.07) is 0. The fraction of sp³-hybridized carbons (Fsp3) is 0.583. The summed E-state index contributed by atoms with van der Waals surface area (Å²) in [5.74, 6) is -0.682. The molecule has 7 heteroatoms. The molecule has 2 heterocycles. The Bertz CT molecular complexity index is 500. The van der Waals surface area contributed by atoms with Gasteiger partial charge in [-0.1, -0.05) is 0 Å². The molecule has 0 fully saturated rings. The summed E-state index contributed by atoms with van der Waals surface area (Å²) in [7, 11) is 0. The second-order valence-corrected chi connectivity index (χ2v) is 4.84. The van der Waals surface area contributed by atoms with Gasteiger partial charge in [-0.25, -0.2) is 0 Å². The summed E-state index contributed by atoms with van der Waals surface area (Å²) in [4.78, 5) is 3.85. The van der Waals surface area contributed by atoms with Crippen LogP contribution in [0, 0.1) is 6.92 Å². The number of nitrogens with zero attached hydrogens (tertiary/aromatic N) is 1. The number of hydrogen-bond donors (Lipinski definition) is 1. The molecule has 0 saturated heterocycles. The van der Waals surface area contributed by atoms with Gasteiger partial charge < -0.3 is 14.6 Å². The summed E-state index contributed by atoms with van der Waals surface area (Å²) in [6.07, 6.45) is -6.34. The lowest BCUT2D eigenvalue weighted by molar-refractivity contribution is -0.209. The first-order valence-corrected chi connectivity index (χ1v) is 5.68. The molecule has 1 atom stereocenters. The van der Waals surface area contributed by atoms with Crippen LogP contribution in [0.1, 0.15) is 36.8 Å². The lowest BCUT2D eigenvalue weighted by Gasteiger charge is -2.34. The Hall–Kier alpha value is -1.34. The average molecular weight is 277 g/mol. The van der Waals surface area contributed by atoms with Gasteiger partial charge in [0.2, 0.25) is 5.79 Å². The van der Waals surface area contributed by atoms with E-state index in [4.69, 9.17) is 9.47 Å². The number of aliphatic hydroxyl groups is 1. The summed E-state index contributed by atoms with van der Waals surface area (Å²) in [5, 5.41) is 9.36. The molecule has 1 aliphatic rings. The van der Waals surface area contributed by atoms with Crippen LogP contribution >= 0.6 is 0 Å². The van der Waals surface area contributed by atoms with Crippen molar-refractivity contribution in [2.24, 2.45) is 0 Å². The first-order valence-electron chi connectivity index (χ1n) is 5.68. The Balaban J connectivity index is 2.50. The summed E-state index contributed by atoms with van der Waals surface area (Å²) < 4.78 is 48.6. The zero-order chi connectivity index (χ0) is 14.4. The van der Waals surface area contributed by atoms with Gasteiger partial charge in [-0.2, -0.15) is 13.2 Å². The lowest BCUT2D eigenvalue weighted by atomic mass is 10.0. The van der Waals surface area contributed by atoms with Gasteiger partial charge in [0.25, 0.3) is 0 Å². The van der Waals surface area contributed by atoms with E-state index in [0.717, 1.165) is 6.20 Å². The zero-order valence-electron chi connectivity index (χ0n) is 10.7. The molecule has 106 valence electrons. The minimum atomic E-state index is -4.75. The first kappa shape index (κ1) is 14.1. The van der Waals surface area contributed by atoms with E-state index in [2.05, 4.69) is 4.98 Å². The topological polar surface area (TPSA) is 51.6 Å². The first-order chi connectivity index (χ1) is 8.62. The molecular formula is C12H14F3NO3. The van der Waals surface area contributed by atoms with Gasteiger partial charge in [-0.15, -0.1) is 0 Å². The molecule has 0 spiro atoms. The molecular weight excluding hydrogens is 263 g/mol. The van der Waals surface area contributed by atoms with E-state index in [-0.39, 0.29) is 23.5 Å². The van der Waals surface area contributed by atoms with Crippen molar-refractivity contribution in [1.29, 1.82) is 0 Å². The zero-order valence-corrected chi connectivity index (χ0v) is 10.7. The normalized spacial score (nSPS) is 19.5. The van der Waals surface area contributed by atoms with Crippen molar-refractivity contribution in [3.8, 4) is 5.75 Å². The number of aromatic nitrogens is 1. The van der Waals surface area contributed by atoms with Gasteiger partial charge in [0, 0.05) is 31.2 Å².